The van der Waals surface area contributed by atoms with Gasteiger partial charge in [-0.15, -0.1) is 0 Å². The monoisotopic (exact) mass is 637 g/mol. The summed E-state index contributed by atoms with van der Waals surface area (Å²) in [4.78, 5) is 10.9. The minimum atomic E-state index is -7.69. The molecule has 0 fully saturated rings. The van der Waals surface area contributed by atoms with Crippen LogP contribution >= 0.6 is 0 Å². The van der Waals surface area contributed by atoms with E-state index in [-0.39, 0.29) is 36.6 Å². The summed E-state index contributed by atoms with van der Waals surface area (Å²) in [6, 6.07) is 0. The second-order valence-corrected chi connectivity index (χ2v) is 7.39. The van der Waals surface area contributed by atoms with E-state index in [2.05, 4.69) is 8.92 Å². The predicted octanol–water partition coefficient (Wildman–Crippen LogP) is 0.501. The Morgan fingerprint density at radius 1 is 0.842 bits per heavy atom. The first-order valence-electron chi connectivity index (χ1n) is 8.10. The molecule has 0 aromatic carbocycles. The largest absolute Gasteiger partial charge is 1.00 e. The van der Waals surface area contributed by atoms with E-state index in [0.717, 1.165) is 0 Å². The predicted molar refractivity (Wildman–Crippen MR) is 76.1 cm³/mol. The van der Waals surface area contributed by atoms with Crippen LogP contribution in [0.25, 0.3) is 0 Å². The summed E-state index contributed by atoms with van der Waals surface area (Å²) in [6.07, 6.45) is -43.1. The van der Waals surface area contributed by atoms with Crippen LogP contribution in [0.4, 0.5) is 70.2 Å². The molecule has 0 heterocycles. The number of hydrogen-bond acceptors (Lipinski definition) is 7. The van der Waals surface area contributed by atoms with Gasteiger partial charge in [-0.1, -0.05) is 0 Å². The molecule has 0 aliphatic carbocycles. The molecule has 0 aliphatic rings. The van der Waals surface area contributed by atoms with Crippen LogP contribution in [-0.4, -0.2) is 92.6 Å². The first kappa shape index (κ1) is 39.3. The van der Waals surface area contributed by atoms with Crippen molar-refractivity contribution in [2.75, 3.05) is 20.2 Å². The molecule has 1 amide bonds. The van der Waals surface area contributed by atoms with Crippen LogP contribution in [-0.2, 0) is 28.9 Å². The third-order valence-electron chi connectivity index (χ3n) is 3.51. The van der Waals surface area contributed by atoms with Gasteiger partial charge >= 0.3 is 72.1 Å². The fraction of sp³-hybridized carbons (Fsp3) is 0.917. The number of carbonyl (C=O) groups is 1. The Bertz CT molecular complexity index is 921. The summed E-state index contributed by atoms with van der Waals surface area (Å²) in [5.74, 6) is -17.9. The molecule has 0 spiro atoms. The van der Waals surface area contributed by atoms with Gasteiger partial charge in [-0.2, -0.15) is 70.2 Å². The van der Waals surface area contributed by atoms with Gasteiger partial charge in [-0.3, -0.25) is 18.5 Å². The van der Waals surface area contributed by atoms with Gasteiger partial charge in [0.25, 0.3) is 5.91 Å². The molecule has 2 unspecified atom stereocenters. The Balaban J connectivity index is 0. The Morgan fingerprint density at radius 2 is 1.26 bits per heavy atom. The molecule has 0 bridgehead atoms. The van der Waals surface area contributed by atoms with Crippen molar-refractivity contribution in [3.8, 4) is 0 Å². The molecule has 0 aromatic heterocycles. The van der Waals surface area contributed by atoms with Gasteiger partial charge in [0, 0.05) is 13.6 Å². The van der Waals surface area contributed by atoms with E-state index in [9.17, 15) is 88.0 Å². The first-order valence-corrected chi connectivity index (χ1v) is 9.43. The van der Waals surface area contributed by atoms with Crippen molar-refractivity contribution in [2.24, 2.45) is 0 Å². The van der Waals surface area contributed by atoms with Gasteiger partial charge in [0.1, 0.15) is 0 Å². The number of ether oxygens (including phenoxy) is 2. The summed E-state index contributed by atoms with van der Waals surface area (Å²) in [5, 5.41) is 0. The average molecular weight is 637 g/mol. The van der Waals surface area contributed by atoms with Gasteiger partial charge in [-0.25, -0.2) is 8.42 Å². The van der Waals surface area contributed by atoms with Crippen molar-refractivity contribution in [3.63, 3.8) is 0 Å². The zero-order valence-electron chi connectivity index (χ0n) is 17.8. The molecule has 0 N–H and O–H groups in total. The summed E-state index contributed by atoms with van der Waals surface area (Å²) >= 11 is 0. The molecule has 38 heavy (non-hydrogen) atoms. The molecule has 2 atom stereocenters. The smallest absolute Gasteiger partial charge is 0.726 e. The maximum absolute atomic E-state index is 14.3. The van der Waals surface area contributed by atoms with E-state index >= 15 is 0 Å². The number of likely N-dealkylation sites (N-methyl/N-ethyl adjacent to an activating group) is 1. The Morgan fingerprint density at radius 3 is 1.58 bits per heavy atom. The van der Waals surface area contributed by atoms with Crippen molar-refractivity contribution in [1.29, 1.82) is 0 Å². The van der Waals surface area contributed by atoms with Crippen molar-refractivity contribution >= 4 is 16.3 Å². The van der Waals surface area contributed by atoms with Crippen LogP contribution in [0.5, 0.6) is 0 Å². The number of halogens is 16. The van der Waals surface area contributed by atoms with Crippen LogP contribution < -0.4 is 29.6 Å². The van der Waals surface area contributed by atoms with E-state index in [4.69, 9.17) is 0 Å². The molecule has 0 aliphatic heterocycles. The van der Waals surface area contributed by atoms with Gasteiger partial charge in [0.2, 0.25) is 16.5 Å². The van der Waals surface area contributed by atoms with Gasteiger partial charge in [0.05, 0.1) is 6.61 Å². The minimum absolute atomic E-state index is 0. The Kier molecular flexibility index (Phi) is 12.3. The van der Waals surface area contributed by atoms with Gasteiger partial charge < -0.3 is 9.45 Å². The normalized spacial score (nSPS) is 16.9. The van der Waals surface area contributed by atoms with E-state index in [1.807, 2.05) is 0 Å². The van der Waals surface area contributed by atoms with Crippen LogP contribution in [0.15, 0.2) is 0 Å². The van der Waals surface area contributed by atoms with Gasteiger partial charge in [0.15, 0.2) is 0 Å². The topological polar surface area (TPSA) is 105 Å². The zero-order valence-corrected chi connectivity index (χ0v) is 20.6. The molecular weight excluding hydrogens is 629 g/mol. The SMILES string of the molecule is CN(CCOS(=O)(=O)[O-])C(=O)C(F)(OC(F)(F)C(OC(F)(F)C(F)(F)C(F)(F)F)C(F)(F)F)C(F)(F)F.[Na+]. The molecule has 0 aromatic rings. The van der Waals surface area contributed by atoms with Crippen molar-refractivity contribution < 1.29 is 131 Å². The number of amides is 1. The number of hydrogen-bond donors (Lipinski definition) is 0. The third-order valence-corrected chi connectivity index (χ3v) is 3.96. The average Bonchev–Trinajstić information content (AvgIpc) is 2.60. The van der Waals surface area contributed by atoms with Crippen molar-refractivity contribution in [1.82, 2.24) is 4.90 Å². The molecule has 0 saturated heterocycles. The van der Waals surface area contributed by atoms with Crippen LogP contribution in [0.3, 0.4) is 0 Å². The number of nitrogens with zero attached hydrogens (tertiary/aromatic N) is 1. The maximum Gasteiger partial charge on any atom is 1.00 e. The summed E-state index contributed by atoms with van der Waals surface area (Å²) in [6.45, 7) is -3.25. The second kappa shape index (κ2) is 11.9. The van der Waals surface area contributed by atoms with Crippen LogP contribution in [0.2, 0.25) is 0 Å². The summed E-state index contributed by atoms with van der Waals surface area (Å²) in [7, 11) is -5.63. The summed E-state index contributed by atoms with van der Waals surface area (Å²) in [5.41, 5.74) is 0. The van der Waals surface area contributed by atoms with E-state index in [0.29, 0.717) is 0 Å². The third kappa shape index (κ3) is 9.36. The number of rotatable bonds is 11. The van der Waals surface area contributed by atoms with Crippen molar-refractivity contribution in [2.45, 2.75) is 48.6 Å². The second-order valence-electron chi connectivity index (χ2n) is 6.34. The fourth-order valence-corrected chi connectivity index (χ4v) is 2.08. The Labute approximate surface area is 221 Å². The van der Waals surface area contributed by atoms with Crippen LogP contribution in [0, 0.1) is 0 Å². The van der Waals surface area contributed by atoms with E-state index < -0.39 is 83.0 Å². The molecule has 0 rings (SSSR count). The standard InChI is InChI=1S/C12H9F16NO7S.Na/c1-29(2-3-34-37(31,32)33)5(30)6(13,10(21,22)23)36-8(17,18)4(7(14,15)16)35-12(27,28)9(19,20)11(24,25)26;/h4H,2-3H2,1H3,(H,31,32,33);/q;+1/p-1. The molecule has 0 saturated carbocycles. The zero-order chi connectivity index (χ0) is 30.3. The molecule has 26 heteroatoms. The first-order chi connectivity index (χ1) is 15.8. The number of carbonyl (C=O) groups excluding carboxylic acids is 1. The fourth-order valence-electron chi connectivity index (χ4n) is 1.80. The molecule has 8 nitrogen and oxygen atoms in total. The van der Waals surface area contributed by atoms with Crippen molar-refractivity contribution in [3.05, 3.63) is 0 Å². The van der Waals surface area contributed by atoms with E-state index in [1.165, 1.54) is 0 Å². The summed E-state index contributed by atoms with van der Waals surface area (Å²) < 4.78 is 245. The van der Waals surface area contributed by atoms with Gasteiger partial charge in [-0.05, 0) is 0 Å². The molecule has 0 radical (unpaired) electrons. The minimum Gasteiger partial charge on any atom is -0.726 e. The molecule has 222 valence electrons. The Hall–Kier alpha value is -0.860. The quantitative estimate of drug-likeness (QED) is 0.141. The molecular formula is C12H8F16NNaO7S. The number of alkyl halides is 16. The maximum atomic E-state index is 14.3. The van der Waals surface area contributed by atoms with E-state index in [1.54, 1.807) is 4.74 Å². The van der Waals surface area contributed by atoms with Crippen LogP contribution in [0.1, 0.15) is 0 Å².